The molecular weight excluding hydrogens is 663 g/mol. The van der Waals surface area contributed by atoms with E-state index >= 15 is 8.78 Å². The van der Waals surface area contributed by atoms with Gasteiger partial charge in [0.1, 0.15) is 34.6 Å². The number of piperidine rings is 1. The van der Waals surface area contributed by atoms with Crippen LogP contribution in [0.4, 0.5) is 33.6 Å². The molecule has 49 heavy (non-hydrogen) atoms. The SMILES string of the molecule is C=CC(=O)Nc1ccc(C(F)(F)Cn2c(C#N)cc3c(C)c(CN4CCC(Nc5ncnc6sc(CC(F)(F)F)cc56)CC4)ccc32)cn1. The molecule has 0 unspecified atom stereocenters. The molecular formula is C34H31F5N8OS. The number of carbonyl (C=O) groups excluding carboxylic acids is 1. The molecule has 1 amide bonds. The number of likely N-dealkylation sites (tertiary alicyclic amines) is 1. The molecule has 0 atom stereocenters. The summed E-state index contributed by atoms with van der Waals surface area (Å²) in [6, 6.07) is 11.4. The maximum Gasteiger partial charge on any atom is 0.393 e. The predicted octanol–water partition coefficient (Wildman–Crippen LogP) is 7.32. The number of alkyl halides is 5. The van der Waals surface area contributed by atoms with Gasteiger partial charge in [-0.15, -0.1) is 11.3 Å². The summed E-state index contributed by atoms with van der Waals surface area (Å²) in [7, 11) is 0. The fourth-order valence-corrected chi connectivity index (χ4v) is 7.11. The average molecular weight is 695 g/mol. The number of thiophene rings is 1. The number of benzene rings is 1. The smallest absolute Gasteiger partial charge is 0.367 e. The monoisotopic (exact) mass is 694 g/mol. The zero-order valence-corrected chi connectivity index (χ0v) is 27.1. The van der Waals surface area contributed by atoms with Gasteiger partial charge in [-0.05, 0) is 67.3 Å². The minimum absolute atomic E-state index is 0.0788. The number of hydrogen-bond acceptors (Lipinski definition) is 8. The van der Waals surface area contributed by atoms with Crippen molar-refractivity contribution in [2.24, 2.45) is 0 Å². The fourth-order valence-electron chi connectivity index (χ4n) is 6.08. The van der Waals surface area contributed by atoms with Crippen molar-refractivity contribution >= 4 is 50.0 Å². The number of aryl methyl sites for hydroxylation is 1. The Labute approximate surface area is 282 Å². The van der Waals surface area contributed by atoms with Crippen molar-refractivity contribution in [3.63, 3.8) is 0 Å². The van der Waals surface area contributed by atoms with Crippen LogP contribution in [0.25, 0.3) is 21.1 Å². The molecule has 0 saturated carbocycles. The van der Waals surface area contributed by atoms with E-state index in [1.807, 2.05) is 13.0 Å². The van der Waals surface area contributed by atoms with Crippen molar-refractivity contribution < 1.29 is 26.7 Å². The largest absolute Gasteiger partial charge is 0.393 e. The number of nitriles is 1. The highest BCUT2D eigenvalue weighted by molar-refractivity contribution is 7.18. The van der Waals surface area contributed by atoms with E-state index in [4.69, 9.17) is 0 Å². The number of aromatic nitrogens is 4. The third-order valence-electron chi connectivity index (χ3n) is 8.64. The Kier molecular flexibility index (Phi) is 9.37. The van der Waals surface area contributed by atoms with E-state index in [0.717, 1.165) is 66.1 Å². The average Bonchev–Trinajstić information content (AvgIpc) is 3.63. The molecule has 1 aromatic carbocycles. The molecule has 0 radical (unpaired) electrons. The Bertz CT molecular complexity index is 2060. The lowest BCUT2D eigenvalue weighted by Crippen LogP contribution is -2.39. The standard InChI is InChI=1S/C34H31F5N8OS/c1-3-30(48)45-29-7-5-22(16-41-29)33(35,36)18-47-24(15-40)12-26-20(2)21(4-6-28(26)47)17-46-10-8-23(9-11-46)44-31-27-13-25(14-34(37,38)39)49-32(27)43-19-42-31/h3-7,12-13,16,19,23H,1,8-11,14,17-18H2,2H3,(H,41,45,48)(H,42,43,44). The number of amides is 1. The van der Waals surface area contributed by atoms with Crippen LogP contribution in [0.5, 0.6) is 0 Å². The minimum Gasteiger partial charge on any atom is -0.367 e. The van der Waals surface area contributed by atoms with Gasteiger partial charge in [-0.25, -0.2) is 15.0 Å². The van der Waals surface area contributed by atoms with Gasteiger partial charge >= 0.3 is 6.18 Å². The van der Waals surface area contributed by atoms with Gasteiger partial charge < -0.3 is 15.2 Å². The number of carbonyl (C=O) groups is 1. The second kappa shape index (κ2) is 13.5. The van der Waals surface area contributed by atoms with Crippen LogP contribution in [-0.2, 0) is 30.2 Å². The molecule has 4 aromatic heterocycles. The first kappa shape index (κ1) is 33.9. The van der Waals surface area contributed by atoms with Crippen LogP contribution in [0.3, 0.4) is 0 Å². The molecule has 5 heterocycles. The van der Waals surface area contributed by atoms with E-state index in [1.165, 1.54) is 29.1 Å². The summed E-state index contributed by atoms with van der Waals surface area (Å²) in [6.07, 6.45) is -0.316. The van der Waals surface area contributed by atoms with Gasteiger partial charge in [0, 0.05) is 53.2 Å². The van der Waals surface area contributed by atoms with Gasteiger partial charge in [-0.1, -0.05) is 12.6 Å². The lowest BCUT2D eigenvalue weighted by molar-refractivity contribution is -0.126. The van der Waals surface area contributed by atoms with E-state index < -0.39 is 31.0 Å². The molecule has 254 valence electrons. The maximum atomic E-state index is 15.5. The summed E-state index contributed by atoms with van der Waals surface area (Å²) in [5, 5.41) is 17.0. The third kappa shape index (κ3) is 7.55. The second-order valence-electron chi connectivity index (χ2n) is 12.0. The van der Waals surface area contributed by atoms with Crippen LogP contribution in [-0.4, -0.2) is 55.6 Å². The van der Waals surface area contributed by atoms with Crippen LogP contribution in [0.2, 0.25) is 0 Å². The summed E-state index contributed by atoms with van der Waals surface area (Å²) in [5.41, 5.74) is 2.19. The number of hydrogen-bond donors (Lipinski definition) is 2. The summed E-state index contributed by atoms with van der Waals surface area (Å²) in [4.78, 5) is 26.9. The molecule has 1 aliphatic heterocycles. The minimum atomic E-state index is -4.30. The number of nitrogens with one attached hydrogen (secondary N) is 2. The maximum absolute atomic E-state index is 15.5. The zero-order valence-electron chi connectivity index (χ0n) is 26.3. The predicted molar refractivity (Wildman–Crippen MR) is 177 cm³/mol. The third-order valence-corrected chi connectivity index (χ3v) is 9.68. The summed E-state index contributed by atoms with van der Waals surface area (Å²) < 4.78 is 71.1. The lowest BCUT2D eigenvalue weighted by Gasteiger charge is -2.33. The highest BCUT2D eigenvalue weighted by atomic mass is 32.1. The molecule has 2 N–H and O–H groups in total. The molecule has 9 nitrogen and oxygen atoms in total. The second-order valence-corrected chi connectivity index (χ2v) is 13.1. The molecule has 0 spiro atoms. The van der Waals surface area contributed by atoms with Crippen molar-refractivity contribution in [2.75, 3.05) is 23.7 Å². The molecule has 0 bridgehead atoms. The van der Waals surface area contributed by atoms with E-state index in [-0.39, 0.29) is 28.0 Å². The van der Waals surface area contributed by atoms with E-state index in [9.17, 15) is 23.2 Å². The van der Waals surface area contributed by atoms with Gasteiger partial charge in [-0.2, -0.15) is 27.2 Å². The quantitative estimate of drug-likeness (QED) is 0.116. The molecule has 1 aliphatic rings. The van der Waals surface area contributed by atoms with E-state index in [1.54, 1.807) is 12.1 Å². The molecule has 15 heteroatoms. The molecule has 5 aromatic rings. The number of rotatable bonds is 10. The van der Waals surface area contributed by atoms with Crippen LogP contribution in [0.1, 0.15) is 40.1 Å². The van der Waals surface area contributed by atoms with Crippen molar-refractivity contribution in [1.82, 2.24) is 24.4 Å². The number of pyridine rings is 1. The first-order valence-electron chi connectivity index (χ1n) is 15.4. The number of anilines is 2. The Balaban J connectivity index is 1.12. The highest BCUT2D eigenvalue weighted by Crippen LogP contribution is 2.36. The molecule has 1 saturated heterocycles. The fraction of sp³-hybridized carbons (Fsp3) is 0.324. The van der Waals surface area contributed by atoms with E-state index in [0.29, 0.717) is 28.1 Å². The van der Waals surface area contributed by atoms with Crippen LogP contribution in [0, 0.1) is 18.3 Å². The van der Waals surface area contributed by atoms with Crippen LogP contribution < -0.4 is 10.6 Å². The molecule has 6 rings (SSSR count). The summed E-state index contributed by atoms with van der Waals surface area (Å²) >= 11 is 1.02. The number of fused-ring (bicyclic) bond motifs is 2. The lowest BCUT2D eigenvalue weighted by atomic mass is 10.0. The number of nitrogens with zero attached hydrogens (tertiary/aromatic N) is 6. The first-order valence-corrected chi connectivity index (χ1v) is 16.2. The Morgan fingerprint density at radius 1 is 1.10 bits per heavy atom. The van der Waals surface area contributed by atoms with Crippen molar-refractivity contribution in [3.05, 3.63) is 88.8 Å². The number of halogens is 5. The summed E-state index contributed by atoms with van der Waals surface area (Å²) in [5.74, 6) is -3.22. The Morgan fingerprint density at radius 2 is 1.88 bits per heavy atom. The van der Waals surface area contributed by atoms with Gasteiger partial charge in [0.25, 0.3) is 5.92 Å². The van der Waals surface area contributed by atoms with Crippen molar-refractivity contribution in [2.45, 2.75) is 57.4 Å². The molecule has 0 aliphatic carbocycles. The van der Waals surface area contributed by atoms with E-state index in [2.05, 4.69) is 43.1 Å². The van der Waals surface area contributed by atoms with Gasteiger partial charge in [0.15, 0.2) is 0 Å². The van der Waals surface area contributed by atoms with Gasteiger partial charge in [-0.3, -0.25) is 9.69 Å². The van der Waals surface area contributed by atoms with Gasteiger partial charge in [0.05, 0.1) is 18.4 Å². The normalized spacial score (nSPS) is 14.6. The molecule has 1 fully saturated rings. The zero-order chi connectivity index (χ0) is 34.9. The summed E-state index contributed by atoms with van der Waals surface area (Å²) in [6.45, 7) is 6.64. The Hall–Kier alpha value is -4.94. The highest BCUT2D eigenvalue weighted by Gasteiger charge is 2.34. The first-order chi connectivity index (χ1) is 23.3. The van der Waals surface area contributed by atoms with Crippen LogP contribution in [0.15, 0.2) is 61.6 Å². The van der Waals surface area contributed by atoms with Crippen LogP contribution >= 0.6 is 11.3 Å². The van der Waals surface area contributed by atoms with Gasteiger partial charge in [0.2, 0.25) is 5.91 Å². The Morgan fingerprint density at radius 3 is 2.55 bits per heavy atom. The van der Waals surface area contributed by atoms with Crippen molar-refractivity contribution in [1.29, 1.82) is 5.26 Å². The topological polar surface area (TPSA) is 112 Å². The van der Waals surface area contributed by atoms with Crippen molar-refractivity contribution in [3.8, 4) is 6.07 Å².